The average Bonchev–Trinajstić information content (AvgIpc) is 3.02. The van der Waals surface area contributed by atoms with Crippen molar-refractivity contribution in [3.63, 3.8) is 0 Å². The fourth-order valence-corrected chi connectivity index (χ4v) is 3.47. The maximum Gasteiger partial charge on any atom is 0.407 e. The van der Waals surface area contributed by atoms with Gasteiger partial charge in [0.25, 0.3) is 5.91 Å². The summed E-state index contributed by atoms with van der Waals surface area (Å²) in [5, 5.41) is 19.4. The summed E-state index contributed by atoms with van der Waals surface area (Å²) in [5.74, 6) is -0.509. The van der Waals surface area contributed by atoms with Crippen LogP contribution in [0.25, 0.3) is 0 Å². The molecule has 2 rings (SSSR count). The number of carbonyl (C=O) groups excluding carboxylic acids is 2. The predicted octanol–water partition coefficient (Wildman–Crippen LogP) is 2.51. The number of aliphatic hydroxyl groups excluding tert-OH is 1. The number of carbonyl (C=O) groups is 2. The highest BCUT2D eigenvalue weighted by molar-refractivity contribution is 5.82. The molecule has 1 aromatic rings. The summed E-state index contributed by atoms with van der Waals surface area (Å²) in [6.45, 7) is 9.31. The lowest BCUT2D eigenvalue weighted by Crippen LogP contribution is -2.52. The van der Waals surface area contributed by atoms with E-state index < -0.39 is 24.1 Å². The second-order valence-electron chi connectivity index (χ2n) is 8.49. The van der Waals surface area contributed by atoms with Crippen molar-refractivity contribution in [2.24, 2.45) is 5.41 Å². The lowest BCUT2D eigenvalue weighted by Gasteiger charge is -2.28. The van der Waals surface area contributed by atoms with Crippen molar-refractivity contribution in [1.82, 2.24) is 16.0 Å². The van der Waals surface area contributed by atoms with Gasteiger partial charge < -0.3 is 25.8 Å². The van der Waals surface area contributed by atoms with E-state index in [1.807, 2.05) is 58.0 Å². The van der Waals surface area contributed by atoms with E-state index in [1.54, 1.807) is 0 Å². The monoisotopic (exact) mass is 405 g/mol. The van der Waals surface area contributed by atoms with Crippen LogP contribution in [0.1, 0.15) is 58.6 Å². The second kappa shape index (κ2) is 10.6. The van der Waals surface area contributed by atoms with Crippen LogP contribution in [0.15, 0.2) is 30.3 Å². The Morgan fingerprint density at radius 1 is 1.28 bits per heavy atom. The third kappa shape index (κ3) is 6.72. The molecule has 1 unspecified atom stereocenters. The number of ether oxygens (including phenoxy) is 1. The summed E-state index contributed by atoms with van der Waals surface area (Å²) >= 11 is 0. The Balaban J connectivity index is 1.96. The molecule has 1 heterocycles. The number of alkyl carbamates (subject to hydrolysis) is 1. The van der Waals surface area contributed by atoms with Gasteiger partial charge in [-0.1, -0.05) is 63.9 Å². The number of hydrogen-bond acceptors (Lipinski definition) is 5. The van der Waals surface area contributed by atoms with Crippen molar-refractivity contribution in [2.45, 2.75) is 71.2 Å². The highest BCUT2D eigenvalue weighted by Gasteiger charge is 2.38. The van der Waals surface area contributed by atoms with Crippen molar-refractivity contribution in [2.75, 3.05) is 13.1 Å². The first-order valence-corrected chi connectivity index (χ1v) is 10.5. The minimum atomic E-state index is -1.35. The quantitative estimate of drug-likeness (QED) is 0.506. The lowest BCUT2D eigenvalue weighted by atomic mass is 9.90. The molecule has 1 saturated heterocycles. The van der Waals surface area contributed by atoms with Gasteiger partial charge in [-0.15, -0.1) is 0 Å². The molecule has 0 saturated carbocycles. The zero-order valence-electron chi connectivity index (χ0n) is 17.9. The van der Waals surface area contributed by atoms with Gasteiger partial charge in [0.2, 0.25) is 0 Å². The Morgan fingerprint density at radius 3 is 2.55 bits per heavy atom. The van der Waals surface area contributed by atoms with Gasteiger partial charge in [0.15, 0.2) is 6.10 Å². The topological polar surface area (TPSA) is 99.7 Å². The van der Waals surface area contributed by atoms with Crippen LogP contribution in [0.3, 0.4) is 0 Å². The average molecular weight is 406 g/mol. The van der Waals surface area contributed by atoms with Gasteiger partial charge in [-0.2, -0.15) is 0 Å². The Morgan fingerprint density at radius 2 is 1.97 bits per heavy atom. The van der Waals surface area contributed by atoms with E-state index in [0.29, 0.717) is 13.0 Å². The summed E-state index contributed by atoms with van der Waals surface area (Å²) < 4.78 is 5.56. The molecule has 1 fully saturated rings. The van der Waals surface area contributed by atoms with Crippen molar-refractivity contribution < 1.29 is 19.4 Å². The van der Waals surface area contributed by atoms with Gasteiger partial charge in [0.05, 0.1) is 12.1 Å². The molecule has 1 aliphatic rings. The number of unbranched alkanes of at least 4 members (excludes halogenated alkanes) is 1. The number of rotatable bonds is 9. The molecule has 29 heavy (non-hydrogen) atoms. The van der Waals surface area contributed by atoms with Crippen molar-refractivity contribution in [3.8, 4) is 0 Å². The van der Waals surface area contributed by atoms with Gasteiger partial charge >= 0.3 is 6.09 Å². The third-order valence-electron chi connectivity index (χ3n) is 5.51. The van der Waals surface area contributed by atoms with Crippen LogP contribution in [-0.2, 0) is 9.53 Å². The van der Waals surface area contributed by atoms with Crippen molar-refractivity contribution in [1.29, 1.82) is 0 Å². The SMILES string of the molecule is CCCC[C@H](NC(=O)O[C@@H]1CNCC1(C)C)C(O)C(=O)N[C@H](C)c1ccccc1. The number of benzene rings is 1. The van der Waals surface area contributed by atoms with Gasteiger partial charge in [-0.3, -0.25) is 4.79 Å². The number of hydrogen-bond donors (Lipinski definition) is 4. The van der Waals surface area contributed by atoms with Crippen molar-refractivity contribution >= 4 is 12.0 Å². The first-order chi connectivity index (χ1) is 13.7. The maximum absolute atomic E-state index is 12.6. The van der Waals surface area contributed by atoms with Crippen LogP contribution in [0.5, 0.6) is 0 Å². The zero-order chi connectivity index (χ0) is 21.4. The van der Waals surface area contributed by atoms with Gasteiger partial charge in [0, 0.05) is 18.5 Å². The molecule has 162 valence electrons. The molecular weight excluding hydrogens is 370 g/mol. The molecular formula is C22H35N3O4. The molecule has 7 nitrogen and oxygen atoms in total. The Hall–Kier alpha value is -2.12. The molecule has 0 bridgehead atoms. The smallest absolute Gasteiger partial charge is 0.407 e. The van der Waals surface area contributed by atoms with Crippen LogP contribution >= 0.6 is 0 Å². The van der Waals surface area contributed by atoms with E-state index in [9.17, 15) is 14.7 Å². The zero-order valence-corrected chi connectivity index (χ0v) is 17.9. The van der Waals surface area contributed by atoms with E-state index >= 15 is 0 Å². The number of amides is 2. The highest BCUT2D eigenvalue weighted by atomic mass is 16.6. The fourth-order valence-electron chi connectivity index (χ4n) is 3.47. The largest absolute Gasteiger partial charge is 0.444 e. The number of nitrogens with one attached hydrogen (secondary N) is 3. The van der Waals surface area contributed by atoms with Crippen LogP contribution < -0.4 is 16.0 Å². The summed E-state index contributed by atoms with van der Waals surface area (Å²) in [7, 11) is 0. The molecule has 7 heteroatoms. The summed E-state index contributed by atoms with van der Waals surface area (Å²) in [5.41, 5.74) is 0.790. The van der Waals surface area contributed by atoms with Crippen molar-refractivity contribution in [3.05, 3.63) is 35.9 Å². The highest BCUT2D eigenvalue weighted by Crippen LogP contribution is 2.26. The first kappa shape index (κ1) is 23.2. The molecule has 2 amide bonds. The van der Waals surface area contributed by atoms with E-state index in [0.717, 1.165) is 24.9 Å². The lowest BCUT2D eigenvalue weighted by molar-refractivity contribution is -0.131. The molecule has 1 aromatic carbocycles. The molecule has 1 aliphatic heterocycles. The summed E-state index contributed by atoms with van der Waals surface area (Å²) in [6.07, 6.45) is -0.0439. The standard InChI is InChI=1S/C22H35N3O4/c1-5-6-12-17(25-21(28)29-18-13-23-14-22(18,3)4)19(26)20(27)24-15(2)16-10-8-7-9-11-16/h7-11,15,17-19,23,26H,5-6,12-14H2,1-4H3,(H,24,27)(H,25,28)/t15-,17+,18-,19?/m1/s1. The van der Waals surface area contributed by atoms with E-state index in [-0.39, 0.29) is 17.6 Å². The second-order valence-corrected chi connectivity index (χ2v) is 8.49. The molecule has 0 aliphatic carbocycles. The summed E-state index contributed by atoms with van der Waals surface area (Å²) in [4.78, 5) is 25.0. The van der Waals surface area contributed by atoms with E-state index in [4.69, 9.17) is 4.74 Å². The molecule has 0 spiro atoms. The van der Waals surface area contributed by atoms with Gasteiger partial charge in [0.1, 0.15) is 6.10 Å². The number of aliphatic hydroxyl groups is 1. The van der Waals surface area contributed by atoms with Gasteiger partial charge in [-0.05, 0) is 18.9 Å². The minimum absolute atomic E-state index is 0.155. The normalized spacial score (nSPS) is 21.1. The van der Waals surface area contributed by atoms with Gasteiger partial charge in [-0.25, -0.2) is 4.79 Å². The maximum atomic E-state index is 12.6. The van der Waals surface area contributed by atoms with Crippen LogP contribution in [0.2, 0.25) is 0 Å². The molecule has 0 radical (unpaired) electrons. The van der Waals surface area contributed by atoms with Crippen LogP contribution in [-0.4, -0.2) is 48.4 Å². The minimum Gasteiger partial charge on any atom is -0.444 e. The van der Waals surface area contributed by atoms with Crippen LogP contribution in [0, 0.1) is 5.41 Å². The Labute approximate surface area is 173 Å². The van der Waals surface area contributed by atoms with E-state index in [2.05, 4.69) is 16.0 Å². The summed E-state index contributed by atoms with van der Waals surface area (Å²) in [6, 6.07) is 8.58. The molecule has 0 aromatic heterocycles. The third-order valence-corrected chi connectivity index (χ3v) is 5.51. The van der Waals surface area contributed by atoms with E-state index in [1.165, 1.54) is 0 Å². The fraction of sp³-hybridized carbons (Fsp3) is 0.636. The predicted molar refractivity (Wildman–Crippen MR) is 112 cm³/mol. The molecule has 4 N–H and O–H groups in total. The van der Waals surface area contributed by atoms with Crippen LogP contribution in [0.4, 0.5) is 4.79 Å². The Bertz CT molecular complexity index is 665. The Kier molecular flexibility index (Phi) is 8.46. The first-order valence-electron chi connectivity index (χ1n) is 10.5. The molecule has 4 atom stereocenters.